The smallest absolute Gasteiger partial charge is 0.246 e. The van der Waals surface area contributed by atoms with E-state index < -0.39 is 11.6 Å². The van der Waals surface area contributed by atoms with Crippen LogP contribution < -0.4 is 10.1 Å². The van der Waals surface area contributed by atoms with Crippen molar-refractivity contribution >= 4 is 11.6 Å². The van der Waals surface area contributed by atoms with Crippen molar-refractivity contribution in [3.8, 4) is 11.4 Å². The van der Waals surface area contributed by atoms with Crippen molar-refractivity contribution in [3.63, 3.8) is 0 Å². The van der Waals surface area contributed by atoms with Gasteiger partial charge < -0.3 is 10.1 Å². The van der Waals surface area contributed by atoms with Gasteiger partial charge in [-0.15, -0.1) is 5.10 Å². The fourth-order valence-electron chi connectivity index (χ4n) is 2.32. The molecule has 25 heavy (non-hydrogen) atoms. The van der Waals surface area contributed by atoms with Crippen LogP contribution in [0.15, 0.2) is 42.7 Å². The molecule has 0 fully saturated rings. The highest BCUT2D eigenvalue weighted by Gasteiger charge is 2.10. The van der Waals surface area contributed by atoms with Crippen LogP contribution in [0, 0.1) is 18.6 Å². The van der Waals surface area contributed by atoms with Crippen molar-refractivity contribution in [2.24, 2.45) is 0 Å². The van der Waals surface area contributed by atoms with Gasteiger partial charge in [0.25, 0.3) is 0 Å². The molecule has 0 spiro atoms. The summed E-state index contributed by atoms with van der Waals surface area (Å²) in [6.07, 6.45) is 1.50. The van der Waals surface area contributed by atoms with Crippen LogP contribution in [-0.4, -0.2) is 20.9 Å². The lowest BCUT2D eigenvalue weighted by molar-refractivity contribution is 0.241. The second-order valence-corrected chi connectivity index (χ2v) is 5.83. The summed E-state index contributed by atoms with van der Waals surface area (Å²) >= 11 is 0. The molecule has 0 radical (unpaired) electrons. The van der Waals surface area contributed by atoms with Gasteiger partial charge in [0, 0.05) is 17.3 Å². The molecule has 0 bridgehead atoms. The molecule has 130 valence electrons. The number of nitrogens with zero attached hydrogens (tertiary/aromatic N) is 3. The second kappa shape index (κ2) is 6.88. The number of halogens is 2. The summed E-state index contributed by atoms with van der Waals surface area (Å²) < 4.78 is 33.5. The lowest BCUT2D eigenvalue weighted by Crippen LogP contribution is -2.07. The number of aromatic nitrogens is 3. The highest BCUT2D eigenvalue weighted by molar-refractivity contribution is 5.62. The lowest BCUT2D eigenvalue weighted by Gasteiger charge is -2.15. The summed E-state index contributed by atoms with van der Waals surface area (Å²) in [7, 11) is 0. The van der Waals surface area contributed by atoms with Gasteiger partial charge >= 0.3 is 0 Å². The van der Waals surface area contributed by atoms with Crippen molar-refractivity contribution in [1.82, 2.24) is 14.8 Å². The summed E-state index contributed by atoms with van der Waals surface area (Å²) in [5, 5.41) is 7.35. The summed E-state index contributed by atoms with van der Waals surface area (Å²) in [5.41, 5.74) is 2.12. The van der Waals surface area contributed by atoms with Crippen LogP contribution in [0.3, 0.4) is 0 Å². The average molecular weight is 344 g/mol. The van der Waals surface area contributed by atoms with E-state index in [1.54, 1.807) is 0 Å². The first-order valence-electron chi connectivity index (χ1n) is 7.84. The van der Waals surface area contributed by atoms with Crippen LogP contribution in [0.1, 0.15) is 19.4 Å². The Hall–Kier alpha value is -2.96. The fraction of sp³-hybridized carbons (Fsp3) is 0.222. The Morgan fingerprint density at radius 1 is 1.12 bits per heavy atom. The number of hydrogen-bond donors (Lipinski definition) is 1. The molecule has 3 rings (SSSR count). The third-order valence-electron chi connectivity index (χ3n) is 3.55. The lowest BCUT2D eigenvalue weighted by atomic mass is 10.2. The van der Waals surface area contributed by atoms with Crippen molar-refractivity contribution in [2.45, 2.75) is 26.9 Å². The number of benzene rings is 2. The zero-order chi connectivity index (χ0) is 18.0. The van der Waals surface area contributed by atoms with Crippen LogP contribution in [0.2, 0.25) is 0 Å². The molecule has 1 heterocycles. The van der Waals surface area contributed by atoms with Crippen molar-refractivity contribution < 1.29 is 13.5 Å². The molecule has 0 aliphatic rings. The second-order valence-electron chi connectivity index (χ2n) is 5.83. The van der Waals surface area contributed by atoms with Crippen molar-refractivity contribution in [1.29, 1.82) is 0 Å². The van der Waals surface area contributed by atoms with Crippen LogP contribution in [0.25, 0.3) is 5.69 Å². The average Bonchev–Trinajstić information content (AvgIpc) is 3.02. The van der Waals surface area contributed by atoms with E-state index >= 15 is 0 Å². The molecule has 0 aliphatic carbocycles. The molecule has 0 saturated heterocycles. The Bertz CT molecular complexity index is 893. The summed E-state index contributed by atoms with van der Waals surface area (Å²) in [4.78, 5) is 4.16. The first-order chi connectivity index (χ1) is 11.9. The minimum Gasteiger partial charge on any atom is -0.491 e. The van der Waals surface area contributed by atoms with E-state index in [9.17, 15) is 8.78 Å². The fourth-order valence-corrected chi connectivity index (χ4v) is 2.32. The maximum absolute atomic E-state index is 13.4. The van der Waals surface area contributed by atoms with Crippen molar-refractivity contribution in [3.05, 3.63) is 59.9 Å². The van der Waals surface area contributed by atoms with Gasteiger partial charge in [-0.1, -0.05) is 6.07 Å². The van der Waals surface area contributed by atoms with Gasteiger partial charge in [0.1, 0.15) is 12.1 Å². The Kier molecular flexibility index (Phi) is 4.65. The Balaban J connectivity index is 1.83. The molecular weight excluding hydrogens is 326 g/mol. The standard InChI is InChI=1S/C18H18F2N4O/c1-11(2)25-17-6-4-5-16(12(17)3)22-18-21-10-24(23-18)13-7-8-14(19)15(20)9-13/h4-11H,1-3H3,(H,22,23). The highest BCUT2D eigenvalue weighted by atomic mass is 19.2. The molecule has 5 nitrogen and oxygen atoms in total. The maximum atomic E-state index is 13.4. The van der Waals surface area contributed by atoms with E-state index in [1.165, 1.54) is 17.1 Å². The van der Waals surface area contributed by atoms with Gasteiger partial charge in [-0.05, 0) is 45.0 Å². The molecule has 0 aliphatic heterocycles. The molecule has 3 aromatic rings. The quantitative estimate of drug-likeness (QED) is 0.746. The zero-order valence-corrected chi connectivity index (χ0v) is 14.1. The predicted molar refractivity (Wildman–Crippen MR) is 91.5 cm³/mol. The Morgan fingerprint density at radius 2 is 1.92 bits per heavy atom. The first kappa shape index (κ1) is 16.9. The van der Waals surface area contributed by atoms with E-state index in [1.807, 2.05) is 39.0 Å². The minimum atomic E-state index is -0.933. The van der Waals surface area contributed by atoms with E-state index in [0.717, 1.165) is 29.1 Å². The van der Waals surface area contributed by atoms with Gasteiger partial charge in [0.15, 0.2) is 11.6 Å². The van der Waals surface area contributed by atoms with E-state index in [2.05, 4.69) is 15.4 Å². The molecule has 0 saturated carbocycles. The van der Waals surface area contributed by atoms with Gasteiger partial charge in [-0.2, -0.15) is 4.98 Å². The van der Waals surface area contributed by atoms with Crippen LogP contribution >= 0.6 is 0 Å². The van der Waals surface area contributed by atoms with E-state index in [-0.39, 0.29) is 6.10 Å². The summed E-state index contributed by atoms with van der Waals surface area (Å²) in [6, 6.07) is 9.21. The Morgan fingerprint density at radius 3 is 2.64 bits per heavy atom. The van der Waals surface area contributed by atoms with Gasteiger partial charge in [-0.3, -0.25) is 0 Å². The largest absolute Gasteiger partial charge is 0.491 e. The summed E-state index contributed by atoms with van der Waals surface area (Å²) in [5.74, 6) is -0.716. The van der Waals surface area contributed by atoms with Gasteiger partial charge in [0.2, 0.25) is 5.95 Å². The van der Waals surface area contributed by atoms with Crippen molar-refractivity contribution in [2.75, 3.05) is 5.32 Å². The van der Waals surface area contributed by atoms with Gasteiger partial charge in [0.05, 0.1) is 11.8 Å². The number of hydrogen-bond acceptors (Lipinski definition) is 4. The number of anilines is 2. The number of rotatable bonds is 5. The topological polar surface area (TPSA) is 52.0 Å². The monoisotopic (exact) mass is 344 g/mol. The van der Waals surface area contributed by atoms with Crippen LogP contribution in [0.4, 0.5) is 20.4 Å². The molecule has 2 aromatic carbocycles. The highest BCUT2D eigenvalue weighted by Crippen LogP contribution is 2.28. The third kappa shape index (κ3) is 3.76. The SMILES string of the molecule is Cc1c(Nc2ncn(-c3ccc(F)c(F)c3)n2)cccc1OC(C)C. The molecule has 0 amide bonds. The molecule has 0 unspecified atom stereocenters. The molecule has 7 heteroatoms. The summed E-state index contributed by atoms with van der Waals surface area (Å²) in [6.45, 7) is 5.86. The maximum Gasteiger partial charge on any atom is 0.246 e. The molecule has 0 atom stereocenters. The number of ether oxygens (including phenoxy) is 1. The third-order valence-corrected chi connectivity index (χ3v) is 3.55. The Labute approximate surface area is 144 Å². The van der Waals surface area contributed by atoms with Crippen LogP contribution in [0.5, 0.6) is 5.75 Å². The number of nitrogens with one attached hydrogen (secondary N) is 1. The predicted octanol–water partition coefficient (Wildman–Crippen LogP) is 4.38. The first-order valence-corrected chi connectivity index (χ1v) is 7.84. The molecule has 1 aromatic heterocycles. The molecular formula is C18H18F2N4O. The zero-order valence-electron chi connectivity index (χ0n) is 14.1. The van der Waals surface area contributed by atoms with Crippen LogP contribution in [-0.2, 0) is 0 Å². The van der Waals surface area contributed by atoms with Gasteiger partial charge in [-0.25, -0.2) is 13.5 Å². The van der Waals surface area contributed by atoms with E-state index in [0.29, 0.717) is 11.6 Å². The molecule has 1 N–H and O–H groups in total. The normalized spacial score (nSPS) is 11.0. The minimum absolute atomic E-state index is 0.0691. The van der Waals surface area contributed by atoms with E-state index in [4.69, 9.17) is 4.74 Å².